The fourth-order valence-electron chi connectivity index (χ4n) is 7.64. The maximum absolute atomic E-state index is 4.59. The lowest BCUT2D eigenvalue weighted by Gasteiger charge is -2.26. The number of para-hydroxylation sites is 2. The fraction of sp³-hybridized carbons (Fsp3) is 0. The van der Waals surface area contributed by atoms with Crippen molar-refractivity contribution < 1.29 is 0 Å². The molecule has 0 saturated carbocycles. The van der Waals surface area contributed by atoms with E-state index in [0.29, 0.717) is 0 Å². The van der Waals surface area contributed by atoms with Crippen molar-refractivity contribution in [2.45, 2.75) is 0 Å². The van der Waals surface area contributed by atoms with Gasteiger partial charge >= 0.3 is 0 Å². The topological polar surface area (TPSA) is 26.0 Å². The Labute approximate surface area is 308 Å². The first-order valence-electron chi connectivity index (χ1n) is 18.0. The zero-order valence-corrected chi connectivity index (χ0v) is 28.9. The number of anilines is 3. The van der Waals surface area contributed by atoms with Crippen LogP contribution in [0.3, 0.4) is 0 Å². The Bertz CT molecular complexity index is 2760. The molecule has 250 valence electrons. The predicted octanol–water partition coefficient (Wildman–Crippen LogP) is 12.9. The molecule has 0 saturated heterocycles. The standard InChI is InChI=1S/C49H34N4/c1-4-12-35(13-5-1)36-19-23-41(24-20-36)52(42-25-21-37(22-26-42)46-18-10-11-30-50-46)43-27-28-47-44(33-43)45-34-48-38(29-31-51(48)39-14-6-2-7-15-39)32-49(45)53(47)40-16-8-3-9-17-40/h1-34H. The van der Waals surface area contributed by atoms with Crippen molar-refractivity contribution in [3.05, 3.63) is 207 Å². The molecule has 0 aliphatic carbocycles. The average molecular weight is 679 g/mol. The largest absolute Gasteiger partial charge is 0.317 e. The van der Waals surface area contributed by atoms with Crippen molar-refractivity contribution in [2.75, 3.05) is 4.90 Å². The first-order chi connectivity index (χ1) is 26.3. The van der Waals surface area contributed by atoms with Gasteiger partial charge in [-0.1, -0.05) is 97.1 Å². The molecule has 0 spiro atoms. The molecule has 0 atom stereocenters. The summed E-state index contributed by atoms with van der Waals surface area (Å²) in [6.07, 6.45) is 4.02. The summed E-state index contributed by atoms with van der Waals surface area (Å²) in [5, 5.41) is 3.61. The minimum Gasteiger partial charge on any atom is -0.317 e. The number of rotatable bonds is 7. The van der Waals surface area contributed by atoms with Gasteiger partial charge in [-0.3, -0.25) is 4.98 Å². The van der Waals surface area contributed by atoms with E-state index in [1.807, 2.05) is 18.3 Å². The number of nitrogens with zero attached hydrogens (tertiary/aromatic N) is 4. The Morgan fingerprint density at radius 2 is 0.981 bits per heavy atom. The number of pyridine rings is 1. The highest BCUT2D eigenvalue weighted by atomic mass is 15.1. The van der Waals surface area contributed by atoms with Crippen LogP contribution in [0.5, 0.6) is 0 Å². The second kappa shape index (κ2) is 12.9. The first kappa shape index (κ1) is 30.6. The molecule has 0 fully saturated rings. The third kappa shape index (κ3) is 5.45. The highest BCUT2D eigenvalue weighted by molar-refractivity contribution is 6.14. The van der Waals surface area contributed by atoms with Crippen molar-refractivity contribution in [2.24, 2.45) is 0 Å². The fourth-order valence-corrected chi connectivity index (χ4v) is 7.64. The molecule has 10 rings (SSSR count). The van der Waals surface area contributed by atoms with E-state index in [-0.39, 0.29) is 0 Å². The lowest BCUT2D eigenvalue weighted by molar-refractivity contribution is 1.13. The van der Waals surface area contributed by atoms with Gasteiger partial charge in [0.05, 0.1) is 22.2 Å². The Hall–Kier alpha value is -7.17. The number of benzene rings is 7. The molecule has 10 aromatic rings. The summed E-state index contributed by atoms with van der Waals surface area (Å²) in [6, 6.07) is 69.3. The Balaban J connectivity index is 1.18. The second-order valence-corrected chi connectivity index (χ2v) is 13.3. The third-order valence-corrected chi connectivity index (χ3v) is 10.2. The number of hydrogen-bond donors (Lipinski definition) is 0. The summed E-state index contributed by atoms with van der Waals surface area (Å²) in [5.74, 6) is 0. The lowest BCUT2D eigenvalue weighted by Crippen LogP contribution is -2.10. The minimum atomic E-state index is 0.958. The minimum absolute atomic E-state index is 0.958. The molecular formula is C49H34N4. The van der Waals surface area contributed by atoms with Crippen LogP contribution in [-0.2, 0) is 0 Å². The summed E-state index contributed by atoms with van der Waals surface area (Å²) in [4.78, 5) is 6.95. The summed E-state index contributed by atoms with van der Waals surface area (Å²) in [5.41, 5.74) is 13.5. The van der Waals surface area contributed by atoms with Gasteiger partial charge in [-0.15, -0.1) is 0 Å². The number of hydrogen-bond acceptors (Lipinski definition) is 2. The van der Waals surface area contributed by atoms with Crippen molar-refractivity contribution in [3.8, 4) is 33.8 Å². The Morgan fingerprint density at radius 1 is 0.396 bits per heavy atom. The molecule has 3 aromatic heterocycles. The molecule has 0 aliphatic rings. The van der Waals surface area contributed by atoms with Crippen molar-refractivity contribution in [1.29, 1.82) is 0 Å². The van der Waals surface area contributed by atoms with E-state index in [2.05, 4.69) is 207 Å². The van der Waals surface area contributed by atoms with Gasteiger partial charge in [0.15, 0.2) is 0 Å². The predicted molar refractivity (Wildman–Crippen MR) is 221 cm³/mol. The molecule has 0 aliphatic heterocycles. The Kier molecular flexibility index (Phi) is 7.43. The van der Waals surface area contributed by atoms with Gasteiger partial charge in [0.2, 0.25) is 0 Å². The van der Waals surface area contributed by atoms with E-state index < -0.39 is 0 Å². The van der Waals surface area contributed by atoms with Gasteiger partial charge in [-0.25, -0.2) is 0 Å². The average Bonchev–Trinajstić information content (AvgIpc) is 3.80. The SMILES string of the molecule is c1ccc(-c2ccc(N(c3ccc(-c4ccccn4)cc3)c3ccc4c(c3)c3cc5c(ccn5-c5ccccc5)cc3n4-c3ccccc3)cc2)cc1. The first-order valence-corrected chi connectivity index (χ1v) is 18.0. The van der Waals surface area contributed by atoms with Gasteiger partial charge in [0.25, 0.3) is 0 Å². The van der Waals surface area contributed by atoms with E-state index >= 15 is 0 Å². The maximum atomic E-state index is 4.59. The monoisotopic (exact) mass is 678 g/mol. The summed E-state index contributed by atoms with van der Waals surface area (Å²) in [6.45, 7) is 0. The molecule has 0 radical (unpaired) electrons. The summed E-state index contributed by atoms with van der Waals surface area (Å²) >= 11 is 0. The van der Waals surface area contributed by atoms with E-state index in [9.17, 15) is 0 Å². The molecule has 0 bridgehead atoms. The van der Waals surface area contributed by atoms with Gasteiger partial charge in [-0.2, -0.15) is 0 Å². The van der Waals surface area contributed by atoms with Crippen LogP contribution >= 0.6 is 0 Å². The van der Waals surface area contributed by atoms with Gasteiger partial charge < -0.3 is 14.0 Å². The molecule has 0 unspecified atom stereocenters. The van der Waals surface area contributed by atoms with Crippen molar-refractivity contribution in [1.82, 2.24) is 14.1 Å². The zero-order valence-electron chi connectivity index (χ0n) is 28.9. The molecule has 7 aromatic carbocycles. The van der Waals surface area contributed by atoms with E-state index in [1.165, 1.54) is 43.8 Å². The van der Waals surface area contributed by atoms with Crippen LogP contribution in [0.4, 0.5) is 17.1 Å². The van der Waals surface area contributed by atoms with E-state index in [0.717, 1.165) is 39.7 Å². The smallest absolute Gasteiger partial charge is 0.0701 e. The molecule has 3 heterocycles. The van der Waals surface area contributed by atoms with Crippen molar-refractivity contribution in [3.63, 3.8) is 0 Å². The van der Waals surface area contributed by atoms with Crippen molar-refractivity contribution >= 4 is 49.8 Å². The summed E-state index contributed by atoms with van der Waals surface area (Å²) < 4.78 is 4.68. The molecular weight excluding hydrogens is 645 g/mol. The number of aromatic nitrogens is 3. The maximum Gasteiger partial charge on any atom is 0.0701 e. The Morgan fingerprint density at radius 3 is 1.66 bits per heavy atom. The molecule has 0 amide bonds. The van der Waals surface area contributed by atoms with Crippen LogP contribution in [0.2, 0.25) is 0 Å². The third-order valence-electron chi connectivity index (χ3n) is 10.2. The quantitative estimate of drug-likeness (QED) is 0.168. The lowest BCUT2D eigenvalue weighted by atomic mass is 10.0. The van der Waals surface area contributed by atoms with Crippen LogP contribution in [0.1, 0.15) is 0 Å². The van der Waals surface area contributed by atoms with Crippen LogP contribution < -0.4 is 4.90 Å². The van der Waals surface area contributed by atoms with Crippen LogP contribution in [0, 0.1) is 0 Å². The molecule has 0 N–H and O–H groups in total. The van der Waals surface area contributed by atoms with Crippen LogP contribution in [-0.4, -0.2) is 14.1 Å². The van der Waals surface area contributed by atoms with E-state index in [1.54, 1.807) is 0 Å². The second-order valence-electron chi connectivity index (χ2n) is 13.3. The highest BCUT2D eigenvalue weighted by Gasteiger charge is 2.19. The van der Waals surface area contributed by atoms with Gasteiger partial charge in [0.1, 0.15) is 0 Å². The van der Waals surface area contributed by atoms with E-state index in [4.69, 9.17) is 0 Å². The number of fused-ring (bicyclic) bond motifs is 4. The summed E-state index contributed by atoms with van der Waals surface area (Å²) in [7, 11) is 0. The molecule has 4 nitrogen and oxygen atoms in total. The van der Waals surface area contributed by atoms with Crippen LogP contribution in [0.25, 0.3) is 66.5 Å². The normalized spacial score (nSPS) is 11.4. The highest BCUT2D eigenvalue weighted by Crippen LogP contribution is 2.42. The molecule has 53 heavy (non-hydrogen) atoms. The van der Waals surface area contributed by atoms with Gasteiger partial charge in [0, 0.05) is 62.6 Å². The van der Waals surface area contributed by atoms with Gasteiger partial charge in [-0.05, 0) is 108 Å². The zero-order chi connectivity index (χ0) is 35.1. The van der Waals surface area contributed by atoms with Crippen LogP contribution in [0.15, 0.2) is 207 Å². The molecule has 4 heteroatoms.